The summed E-state index contributed by atoms with van der Waals surface area (Å²) >= 11 is 0. The molecule has 2 aromatic heterocycles. The molecule has 0 radical (unpaired) electrons. The van der Waals surface area contributed by atoms with Gasteiger partial charge in [-0.2, -0.15) is 0 Å². The van der Waals surface area contributed by atoms with Crippen molar-refractivity contribution in [3.05, 3.63) is 164 Å². The van der Waals surface area contributed by atoms with E-state index in [0.717, 1.165) is 60.9 Å². The molecule has 3 heterocycles. The molecule has 0 saturated carbocycles. The summed E-state index contributed by atoms with van der Waals surface area (Å²) < 4.78 is 18.9. The van der Waals surface area contributed by atoms with E-state index >= 15 is 0 Å². The van der Waals surface area contributed by atoms with Crippen LogP contribution in [0.15, 0.2) is 168 Å². The second-order valence-electron chi connectivity index (χ2n) is 12.5. The van der Waals surface area contributed by atoms with E-state index in [1.807, 2.05) is 91.0 Å². The average Bonchev–Trinajstić information content (AvgIpc) is 3.57. The number of fused-ring (bicyclic) bond motifs is 5. The lowest BCUT2D eigenvalue weighted by molar-refractivity contribution is 0.360. The highest BCUT2D eigenvalue weighted by Crippen LogP contribution is 2.49. The molecule has 10 rings (SSSR count). The summed E-state index contributed by atoms with van der Waals surface area (Å²) in [4.78, 5) is 15.0. The first-order valence-corrected chi connectivity index (χ1v) is 16.8. The Hall–Kier alpha value is -7.05. The van der Waals surface area contributed by atoms with Crippen LogP contribution in [-0.2, 0) is 0 Å². The van der Waals surface area contributed by atoms with Gasteiger partial charge in [0.25, 0.3) is 0 Å². The van der Waals surface area contributed by atoms with Crippen molar-refractivity contribution >= 4 is 21.9 Å². The Kier molecular flexibility index (Phi) is 6.70. The molecule has 6 heteroatoms. The summed E-state index contributed by atoms with van der Waals surface area (Å²) in [5.41, 5.74) is 8.66. The zero-order chi connectivity index (χ0) is 33.7. The minimum absolute atomic E-state index is 0.527. The second kappa shape index (κ2) is 11.8. The van der Waals surface area contributed by atoms with E-state index in [1.54, 1.807) is 0 Å². The molecular weight excluding hydrogens is 631 g/mol. The third-order valence-corrected chi connectivity index (χ3v) is 9.22. The Morgan fingerprint density at radius 2 is 0.745 bits per heavy atom. The highest BCUT2D eigenvalue weighted by Gasteiger charge is 2.23. The van der Waals surface area contributed by atoms with Crippen LogP contribution in [0, 0.1) is 0 Å². The lowest BCUT2D eigenvalue weighted by Crippen LogP contribution is -2.02. The first kappa shape index (κ1) is 28.9. The van der Waals surface area contributed by atoms with E-state index in [4.69, 9.17) is 28.8 Å². The number of ether oxygens (including phenoxy) is 2. The fourth-order valence-electron chi connectivity index (χ4n) is 6.59. The van der Waals surface area contributed by atoms with Crippen LogP contribution in [0.2, 0.25) is 0 Å². The van der Waals surface area contributed by atoms with Crippen molar-refractivity contribution in [2.75, 3.05) is 0 Å². The van der Waals surface area contributed by atoms with Crippen molar-refractivity contribution in [3.63, 3.8) is 0 Å². The van der Waals surface area contributed by atoms with Crippen LogP contribution in [0.1, 0.15) is 0 Å². The fourth-order valence-corrected chi connectivity index (χ4v) is 6.59. The largest absolute Gasteiger partial charge is 0.456 e. The summed E-state index contributed by atoms with van der Waals surface area (Å²) in [6.07, 6.45) is 0. The van der Waals surface area contributed by atoms with Crippen LogP contribution in [-0.4, -0.2) is 15.0 Å². The predicted octanol–water partition coefficient (Wildman–Crippen LogP) is 12.0. The summed E-state index contributed by atoms with van der Waals surface area (Å²) in [7, 11) is 0. The molecule has 0 bridgehead atoms. The molecule has 1 aliphatic rings. The minimum atomic E-state index is 0.527. The van der Waals surface area contributed by atoms with Gasteiger partial charge in [-0.15, -0.1) is 0 Å². The quantitative estimate of drug-likeness (QED) is 0.183. The topological polar surface area (TPSA) is 70.3 Å². The highest BCUT2D eigenvalue weighted by molar-refractivity contribution is 6.06. The Morgan fingerprint density at radius 3 is 1.37 bits per heavy atom. The SMILES string of the molecule is c1ccc(-c2ccc(-c3nc(-c4ccc(-c5ccccc5)cc4)nc(-c4ccc5c(c4)Oc4cc6oc7ccccc7c6cc4O5)n3)cc2)cc1. The summed E-state index contributed by atoms with van der Waals surface area (Å²) in [6.45, 7) is 0. The van der Waals surface area contributed by atoms with Gasteiger partial charge >= 0.3 is 0 Å². The lowest BCUT2D eigenvalue weighted by atomic mass is 10.0. The smallest absolute Gasteiger partial charge is 0.173 e. The zero-order valence-electron chi connectivity index (χ0n) is 27.2. The van der Waals surface area contributed by atoms with Gasteiger partial charge in [0.05, 0.1) is 0 Å². The molecule has 240 valence electrons. The molecule has 0 aliphatic carbocycles. The van der Waals surface area contributed by atoms with Crippen molar-refractivity contribution in [1.82, 2.24) is 15.0 Å². The van der Waals surface area contributed by atoms with Gasteiger partial charge in [0, 0.05) is 33.5 Å². The molecule has 0 saturated heterocycles. The van der Waals surface area contributed by atoms with Gasteiger partial charge < -0.3 is 13.9 Å². The van der Waals surface area contributed by atoms with E-state index in [1.165, 1.54) is 0 Å². The van der Waals surface area contributed by atoms with Crippen LogP contribution < -0.4 is 9.47 Å². The van der Waals surface area contributed by atoms with E-state index in [2.05, 4.69) is 72.8 Å². The maximum Gasteiger partial charge on any atom is 0.173 e. The van der Waals surface area contributed by atoms with E-state index < -0.39 is 0 Å². The van der Waals surface area contributed by atoms with Crippen LogP contribution >= 0.6 is 0 Å². The molecule has 9 aromatic rings. The average molecular weight is 658 g/mol. The molecule has 6 nitrogen and oxygen atoms in total. The van der Waals surface area contributed by atoms with Gasteiger partial charge in [0.2, 0.25) is 0 Å². The number of rotatable bonds is 5. The van der Waals surface area contributed by atoms with Gasteiger partial charge in [-0.05, 0) is 52.6 Å². The first-order valence-electron chi connectivity index (χ1n) is 16.8. The van der Waals surface area contributed by atoms with Gasteiger partial charge in [-0.1, -0.05) is 127 Å². The first-order chi connectivity index (χ1) is 25.2. The highest BCUT2D eigenvalue weighted by atomic mass is 16.6. The Morgan fingerprint density at radius 1 is 0.294 bits per heavy atom. The van der Waals surface area contributed by atoms with Gasteiger partial charge in [-0.3, -0.25) is 0 Å². The molecule has 0 amide bonds. The van der Waals surface area contributed by atoms with Gasteiger partial charge in [0.15, 0.2) is 40.5 Å². The molecule has 0 spiro atoms. The van der Waals surface area contributed by atoms with Gasteiger partial charge in [-0.25, -0.2) is 15.0 Å². The third-order valence-electron chi connectivity index (χ3n) is 9.22. The van der Waals surface area contributed by atoms with Crippen LogP contribution in [0.25, 0.3) is 78.4 Å². The summed E-state index contributed by atoms with van der Waals surface area (Å²) in [5, 5.41) is 2.01. The maximum absolute atomic E-state index is 6.43. The third kappa shape index (κ3) is 5.27. The Labute approximate surface area is 293 Å². The van der Waals surface area contributed by atoms with Crippen molar-refractivity contribution in [2.24, 2.45) is 0 Å². The molecule has 0 fully saturated rings. The Balaban J connectivity index is 1.04. The van der Waals surface area contributed by atoms with E-state index in [0.29, 0.717) is 40.5 Å². The number of hydrogen-bond acceptors (Lipinski definition) is 6. The monoisotopic (exact) mass is 657 g/mol. The second-order valence-corrected chi connectivity index (χ2v) is 12.5. The number of aromatic nitrogens is 3. The molecule has 51 heavy (non-hydrogen) atoms. The minimum Gasteiger partial charge on any atom is -0.456 e. The van der Waals surface area contributed by atoms with Gasteiger partial charge in [0.1, 0.15) is 11.2 Å². The summed E-state index contributed by atoms with van der Waals surface area (Å²) in [6, 6.07) is 54.9. The van der Waals surface area contributed by atoms with E-state index in [-0.39, 0.29) is 0 Å². The molecule has 0 unspecified atom stereocenters. The lowest BCUT2D eigenvalue weighted by Gasteiger charge is -2.21. The van der Waals surface area contributed by atoms with Crippen LogP contribution in [0.4, 0.5) is 0 Å². The number of para-hydroxylation sites is 1. The Bertz CT molecular complexity index is 2620. The standard InChI is InChI=1S/C45H27N3O3/c1-3-9-28(10-4-1)30-15-19-32(20-16-30)43-46-44(33-21-17-31(18-22-33)29-11-5-2-6-12-29)48-45(47-43)34-23-24-38-40(25-34)51-42-27-39-36(26-41(42)50-38)35-13-7-8-14-37(35)49-39/h1-27H. The fraction of sp³-hybridized carbons (Fsp3) is 0. The van der Waals surface area contributed by atoms with Crippen molar-refractivity contribution in [3.8, 4) is 79.4 Å². The van der Waals surface area contributed by atoms with E-state index in [9.17, 15) is 0 Å². The van der Waals surface area contributed by atoms with Crippen molar-refractivity contribution in [1.29, 1.82) is 0 Å². The maximum atomic E-state index is 6.43. The molecule has 1 aliphatic heterocycles. The van der Waals surface area contributed by atoms with Crippen molar-refractivity contribution in [2.45, 2.75) is 0 Å². The number of benzene rings is 7. The molecule has 7 aromatic carbocycles. The van der Waals surface area contributed by atoms with Crippen LogP contribution in [0.3, 0.4) is 0 Å². The molecule has 0 N–H and O–H groups in total. The predicted molar refractivity (Wildman–Crippen MR) is 201 cm³/mol. The summed E-state index contributed by atoms with van der Waals surface area (Å²) in [5.74, 6) is 4.08. The zero-order valence-corrected chi connectivity index (χ0v) is 27.2. The number of furan rings is 1. The number of hydrogen-bond donors (Lipinski definition) is 0. The normalized spacial score (nSPS) is 11.8. The molecule has 0 atom stereocenters. The molecular formula is C45H27N3O3. The van der Waals surface area contributed by atoms with Crippen LogP contribution in [0.5, 0.6) is 23.0 Å². The number of nitrogens with zero attached hydrogens (tertiary/aromatic N) is 3. The van der Waals surface area contributed by atoms with Crippen molar-refractivity contribution < 1.29 is 13.9 Å².